The highest BCUT2D eigenvalue weighted by molar-refractivity contribution is 5.96. The number of aromatic nitrogens is 2. The molecule has 0 radical (unpaired) electrons. The Kier molecular flexibility index (Phi) is 7.12. The van der Waals surface area contributed by atoms with Crippen LogP contribution in [0.15, 0.2) is 22.5 Å². The third kappa shape index (κ3) is 4.56. The molecule has 9 atom stereocenters. The number of esters is 1. The zero-order valence-electron chi connectivity index (χ0n) is 28.3. The van der Waals surface area contributed by atoms with E-state index in [4.69, 9.17) is 4.74 Å². The zero-order valence-corrected chi connectivity index (χ0v) is 28.3. The molecule has 0 saturated heterocycles. The lowest BCUT2D eigenvalue weighted by Gasteiger charge is -2.70. The largest absolute Gasteiger partial charge is 0.493 e. The molecule has 3 N–H and O–H groups in total. The van der Waals surface area contributed by atoms with Gasteiger partial charge in [0.1, 0.15) is 6.10 Å². The molecule has 45 heavy (non-hydrogen) atoms. The number of hydrogen-bond acceptors (Lipinski definition) is 7. The number of amides is 1. The molecule has 9 unspecified atom stereocenters. The van der Waals surface area contributed by atoms with Gasteiger partial charge in [-0.25, -0.2) is 0 Å². The Morgan fingerprint density at radius 2 is 1.67 bits per heavy atom. The van der Waals surface area contributed by atoms with Crippen LogP contribution in [0.1, 0.15) is 113 Å². The second-order valence-corrected chi connectivity index (χ2v) is 17.1. The number of carbonyl (C=O) groups is 3. The zero-order chi connectivity index (χ0) is 33.0. The number of anilines is 1. The van der Waals surface area contributed by atoms with Gasteiger partial charge in [-0.2, -0.15) is 4.98 Å². The maximum absolute atomic E-state index is 14.6. The molecule has 4 fully saturated rings. The Labute approximate surface area is 266 Å². The van der Waals surface area contributed by atoms with Crippen LogP contribution in [0, 0.1) is 50.2 Å². The predicted octanol–water partition coefficient (Wildman–Crippen LogP) is 6.33. The van der Waals surface area contributed by atoms with E-state index >= 15 is 0 Å². The molecule has 1 amide bonds. The van der Waals surface area contributed by atoms with E-state index in [-0.39, 0.29) is 74.5 Å². The van der Waals surface area contributed by atoms with Gasteiger partial charge in [0, 0.05) is 23.7 Å². The topological polar surface area (TPSA) is 138 Å². The number of nitrogens with one attached hydrogen (secondary N) is 2. The Balaban J connectivity index is 1.35. The average Bonchev–Trinajstić information content (AvgIpc) is 2.91. The van der Waals surface area contributed by atoms with Crippen molar-refractivity contribution in [2.24, 2.45) is 50.2 Å². The lowest BCUT2D eigenvalue weighted by Crippen LogP contribution is -2.66. The molecule has 4 saturated carbocycles. The Hall–Kier alpha value is -2.97. The average molecular weight is 622 g/mol. The van der Waals surface area contributed by atoms with Crippen LogP contribution in [0.25, 0.3) is 0 Å². The first-order valence-corrected chi connectivity index (χ1v) is 16.8. The van der Waals surface area contributed by atoms with Gasteiger partial charge in [0.15, 0.2) is 5.78 Å². The Bertz CT molecular complexity index is 1550. The number of allylic oxidation sites excluding steroid dienone is 2. The summed E-state index contributed by atoms with van der Waals surface area (Å²) in [6.45, 7) is 17.3. The van der Waals surface area contributed by atoms with Crippen LogP contribution >= 0.6 is 0 Å². The number of aromatic amines is 1. The fraction of sp³-hybridized carbons (Fsp3) is 0.750. The molecule has 0 aliphatic heterocycles. The number of ketones is 1. The van der Waals surface area contributed by atoms with Gasteiger partial charge in [-0.05, 0) is 97.4 Å². The standard InChI is InChI=1S/C36H51N3O6/c1-20(40)45-25-10-11-34(6)24(31(25,2)3)9-12-36(8)28(34)23(41)17-21-22-19-33(5,14-13-32(22,4)15-16-35(21,36)7)29(44)39-30-37-26(42)18-27(43)38-30/h17-18,22,24-25,28H,9-16,19H2,1-8H3,(H3,37,38,39,42,43,44). The van der Waals surface area contributed by atoms with Crippen LogP contribution in [0.4, 0.5) is 5.95 Å². The number of ether oxygens (including phenoxy) is 1. The van der Waals surface area contributed by atoms with E-state index in [1.165, 1.54) is 12.5 Å². The normalized spacial score (nSPS) is 43.5. The number of carbonyl (C=O) groups excluding carboxylic acids is 3. The van der Waals surface area contributed by atoms with Gasteiger partial charge < -0.3 is 9.84 Å². The molecule has 246 valence electrons. The summed E-state index contributed by atoms with van der Waals surface area (Å²) >= 11 is 0. The minimum Gasteiger partial charge on any atom is -0.493 e. The summed E-state index contributed by atoms with van der Waals surface area (Å²) in [5.41, 5.74) is -0.931. The highest BCUT2D eigenvalue weighted by atomic mass is 16.5. The molecule has 0 bridgehead atoms. The minimum atomic E-state index is -0.739. The fourth-order valence-electron chi connectivity index (χ4n) is 11.5. The number of fused-ring (bicyclic) bond motifs is 7. The minimum absolute atomic E-state index is 0.0165. The molecule has 1 heterocycles. The number of rotatable bonds is 3. The van der Waals surface area contributed by atoms with E-state index in [0.717, 1.165) is 51.0 Å². The Morgan fingerprint density at radius 1 is 0.978 bits per heavy atom. The summed E-state index contributed by atoms with van der Waals surface area (Å²) in [7, 11) is 0. The summed E-state index contributed by atoms with van der Waals surface area (Å²) in [6, 6.07) is 0.965. The van der Waals surface area contributed by atoms with Crippen molar-refractivity contribution in [3.63, 3.8) is 0 Å². The number of aromatic hydroxyl groups is 1. The quantitative estimate of drug-likeness (QED) is 0.336. The Morgan fingerprint density at radius 3 is 2.33 bits per heavy atom. The second kappa shape index (κ2) is 10.0. The molecule has 0 spiro atoms. The number of H-pyrrole nitrogens is 1. The predicted molar refractivity (Wildman–Crippen MR) is 170 cm³/mol. The third-order valence-electron chi connectivity index (χ3n) is 14.3. The summed E-state index contributed by atoms with van der Waals surface area (Å²) in [5, 5.41) is 12.6. The van der Waals surface area contributed by atoms with Gasteiger partial charge >= 0.3 is 5.97 Å². The van der Waals surface area contributed by atoms with Crippen molar-refractivity contribution in [3.8, 4) is 5.88 Å². The van der Waals surface area contributed by atoms with E-state index in [2.05, 4.69) is 56.8 Å². The highest BCUT2D eigenvalue weighted by Crippen LogP contribution is 2.75. The fourth-order valence-corrected chi connectivity index (χ4v) is 11.5. The van der Waals surface area contributed by atoms with E-state index in [1.54, 1.807) is 0 Å². The summed E-state index contributed by atoms with van der Waals surface area (Å²) in [5.74, 6) is -0.552. The van der Waals surface area contributed by atoms with Crippen molar-refractivity contribution < 1.29 is 24.2 Å². The van der Waals surface area contributed by atoms with Gasteiger partial charge in [0.25, 0.3) is 5.56 Å². The van der Waals surface area contributed by atoms with Crippen molar-refractivity contribution in [1.82, 2.24) is 9.97 Å². The van der Waals surface area contributed by atoms with E-state index in [0.29, 0.717) is 12.8 Å². The molecule has 1 aromatic rings. The van der Waals surface area contributed by atoms with Gasteiger partial charge in [-0.15, -0.1) is 0 Å². The first-order valence-electron chi connectivity index (χ1n) is 16.8. The van der Waals surface area contributed by atoms with Crippen molar-refractivity contribution in [2.45, 2.75) is 119 Å². The van der Waals surface area contributed by atoms with Crippen LogP contribution < -0.4 is 10.9 Å². The van der Waals surface area contributed by atoms with Crippen LogP contribution in [0.3, 0.4) is 0 Å². The first kappa shape index (κ1) is 32.0. The maximum Gasteiger partial charge on any atom is 0.302 e. The summed E-state index contributed by atoms with van der Waals surface area (Å²) in [4.78, 5) is 58.7. The maximum atomic E-state index is 14.6. The molecule has 6 rings (SSSR count). The van der Waals surface area contributed by atoms with Crippen molar-refractivity contribution in [2.75, 3.05) is 5.32 Å². The molecule has 9 nitrogen and oxygen atoms in total. The lowest BCUT2D eigenvalue weighted by atomic mass is 9.33. The monoisotopic (exact) mass is 621 g/mol. The second-order valence-electron chi connectivity index (χ2n) is 17.1. The molecule has 0 aromatic carbocycles. The third-order valence-corrected chi connectivity index (χ3v) is 14.3. The smallest absolute Gasteiger partial charge is 0.302 e. The molecule has 5 aliphatic carbocycles. The molecular weight excluding hydrogens is 570 g/mol. The van der Waals surface area contributed by atoms with Crippen molar-refractivity contribution >= 4 is 23.6 Å². The number of hydrogen-bond donors (Lipinski definition) is 3. The number of nitrogens with zero attached hydrogens (tertiary/aromatic N) is 1. The summed E-state index contributed by atoms with van der Waals surface area (Å²) < 4.78 is 5.85. The van der Waals surface area contributed by atoms with E-state index in [9.17, 15) is 24.3 Å². The molecule has 5 aliphatic rings. The van der Waals surface area contributed by atoms with Gasteiger partial charge in [-0.1, -0.05) is 54.0 Å². The van der Waals surface area contributed by atoms with Gasteiger partial charge in [-0.3, -0.25) is 29.5 Å². The van der Waals surface area contributed by atoms with Crippen LogP contribution in [0.2, 0.25) is 0 Å². The van der Waals surface area contributed by atoms with Gasteiger partial charge in [0.2, 0.25) is 17.7 Å². The van der Waals surface area contributed by atoms with E-state index < -0.39 is 16.9 Å². The van der Waals surface area contributed by atoms with Crippen molar-refractivity contribution in [1.29, 1.82) is 0 Å². The lowest BCUT2D eigenvalue weighted by molar-refractivity contribution is -0.210. The highest BCUT2D eigenvalue weighted by Gasteiger charge is 2.70. The van der Waals surface area contributed by atoms with Crippen molar-refractivity contribution in [3.05, 3.63) is 28.1 Å². The molecule has 9 heteroatoms. The molecular formula is C36H51N3O6. The summed E-state index contributed by atoms with van der Waals surface area (Å²) in [6.07, 6.45) is 9.61. The first-order chi connectivity index (χ1) is 20.8. The van der Waals surface area contributed by atoms with Crippen LogP contribution in [-0.4, -0.2) is 38.8 Å². The van der Waals surface area contributed by atoms with E-state index in [1.807, 2.05) is 13.0 Å². The molecule has 1 aromatic heterocycles. The SMILES string of the molecule is CC(=O)OC1CCC2(C)C(CCC3(C)C2C(=O)C=C2C4CC(C)(C(=O)Nc5nc(O)cc(=O)[nH]5)CCC4(C)CCC23C)C1(C)C. The van der Waals surface area contributed by atoms with Gasteiger partial charge in [0.05, 0.1) is 6.07 Å². The van der Waals surface area contributed by atoms with Crippen LogP contribution in [-0.2, 0) is 19.1 Å². The van der Waals surface area contributed by atoms with Crippen LogP contribution in [0.5, 0.6) is 5.88 Å².